The molecule has 0 aliphatic heterocycles. The molecule has 8 nitrogen and oxygen atoms in total. The Balaban J connectivity index is 2.29. The molecule has 1 heterocycles. The Morgan fingerprint density at radius 1 is 1.17 bits per heavy atom. The maximum absolute atomic E-state index is 13.3. The van der Waals surface area contributed by atoms with E-state index in [9.17, 15) is 18.8 Å². The molecule has 0 aliphatic rings. The molecule has 0 N–H and O–H groups in total. The number of benzene rings is 2. The van der Waals surface area contributed by atoms with Crippen molar-refractivity contribution in [3.63, 3.8) is 0 Å². The van der Waals surface area contributed by atoms with Crippen molar-refractivity contribution < 1.29 is 33.0 Å². The molecule has 0 atom stereocenters. The van der Waals surface area contributed by atoms with E-state index in [1.807, 2.05) is 0 Å². The number of ether oxygens (including phenoxy) is 3. The maximum Gasteiger partial charge on any atom is 0.513 e. The van der Waals surface area contributed by atoms with Gasteiger partial charge in [-0.15, -0.1) is 0 Å². The maximum atomic E-state index is 13.3. The highest BCUT2D eigenvalue weighted by molar-refractivity contribution is 14.2. The number of aromatic nitrogens is 1. The Morgan fingerprint density at radius 2 is 1.89 bits per heavy atom. The van der Waals surface area contributed by atoms with E-state index in [1.165, 1.54) is 26.0 Å². The van der Waals surface area contributed by atoms with E-state index < -0.39 is 12.1 Å². The molecule has 0 spiro atoms. The van der Waals surface area contributed by atoms with Gasteiger partial charge in [-0.3, -0.25) is 14.6 Å². The third-order valence-electron chi connectivity index (χ3n) is 5.06. The Bertz CT molecular complexity index is 1270. The number of rotatable bonds is 10. The minimum Gasteiger partial charge on any atom is -0.491 e. The van der Waals surface area contributed by atoms with Gasteiger partial charge < -0.3 is 19.1 Å². The summed E-state index contributed by atoms with van der Waals surface area (Å²) in [7, 11) is 4.61. The average Bonchev–Trinajstić information content (AvgIpc) is 2.85. The van der Waals surface area contributed by atoms with E-state index >= 15 is 0 Å². The zero-order valence-electron chi connectivity index (χ0n) is 19.9. The molecule has 0 saturated carbocycles. The molecular formula is C25H24FIN2O6S. The lowest BCUT2D eigenvalue weighted by molar-refractivity contribution is 0.0816. The van der Waals surface area contributed by atoms with Crippen LogP contribution in [0.4, 0.5) is 9.18 Å². The lowest BCUT2D eigenvalue weighted by Gasteiger charge is -2.21. The Morgan fingerprint density at radius 3 is 2.50 bits per heavy atom. The summed E-state index contributed by atoms with van der Waals surface area (Å²) >= 11 is 2.14. The zero-order chi connectivity index (χ0) is 26.2. The van der Waals surface area contributed by atoms with Crippen molar-refractivity contribution in [2.24, 2.45) is 0 Å². The standard InChI is InChI=1S/C25H24FIN2O6S/c1-4-33-25(32)35-23-19(14-30)20(24(31)29(2)3)22(34-9-10-36-27)18-12-16(13-28-21(18)23)11-15-5-7-17(26)8-6-15/h5-8,12-14H,4,9-11H2,1-3H3. The number of hydrogen-bond acceptors (Lipinski definition) is 8. The highest BCUT2D eigenvalue weighted by atomic mass is 127. The molecule has 0 fully saturated rings. The normalized spacial score (nSPS) is 10.7. The van der Waals surface area contributed by atoms with Crippen LogP contribution in [0.5, 0.6) is 11.5 Å². The molecule has 0 aliphatic carbocycles. The van der Waals surface area contributed by atoms with Crippen LogP contribution in [0.15, 0.2) is 36.5 Å². The van der Waals surface area contributed by atoms with Gasteiger partial charge in [0.25, 0.3) is 5.91 Å². The lowest BCUT2D eigenvalue weighted by atomic mass is 9.97. The smallest absolute Gasteiger partial charge is 0.491 e. The van der Waals surface area contributed by atoms with E-state index in [0.717, 1.165) is 11.1 Å². The number of nitrogens with zero attached hydrogens (tertiary/aromatic N) is 2. The lowest BCUT2D eigenvalue weighted by Crippen LogP contribution is -2.25. The van der Waals surface area contributed by atoms with Crippen LogP contribution in [0.25, 0.3) is 10.9 Å². The predicted molar refractivity (Wildman–Crippen MR) is 144 cm³/mol. The first kappa shape index (κ1) is 27.7. The minimum absolute atomic E-state index is 0.0408. The molecule has 1 amide bonds. The highest BCUT2D eigenvalue weighted by Crippen LogP contribution is 2.41. The minimum atomic E-state index is -1.03. The van der Waals surface area contributed by atoms with Crippen LogP contribution in [0.1, 0.15) is 38.8 Å². The van der Waals surface area contributed by atoms with Gasteiger partial charge in [0, 0.05) is 31.4 Å². The largest absolute Gasteiger partial charge is 0.513 e. The van der Waals surface area contributed by atoms with E-state index in [-0.39, 0.29) is 47.2 Å². The second-order valence-electron chi connectivity index (χ2n) is 7.75. The second kappa shape index (κ2) is 12.9. The van der Waals surface area contributed by atoms with Gasteiger partial charge in [-0.1, -0.05) is 21.1 Å². The third-order valence-corrected chi connectivity index (χ3v) is 6.70. The molecule has 190 valence electrons. The number of aldehydes is 1. The van der Waals surface area contributed by atoms with Gasteiger partial charge in [-0.05, 0) is 63.9 Å². The van der Waals surface area contributed by atoms with Crippen molar-refractivity contribution in [2.75, 3.05) is 33.1 Å². The van der Waals surface area contributed by atoms with Crippen LogP contribution >= 0.6 is 30.1 Å². The van der Waals surface area contributed by atoms with E-state index in [2.05, 4.69) is 26.2 Å². The average molecular weight is 626 g/mol. The summed E-state index contributed by atoms with van der Waals surface area (Å²) in [5, 5.41) is 0.392. The van der Waals surface area contributed by atoms with E-state index in [1.54, 1.807) is 45.4 Å². The van der Waals surface area contributed by atoms with Gasteiger partial charge in [-0.25, -0.2) is 9.18 Å². The first-order valence-corrected chi connectivity index (χ1v) is 14.4. The monoisotopic (exact) mass is 626 g/mol. The molecule has 11 heteroatoms. The fourth-order valence-electron chi connectivity index (χ4n) is 3.50. The quantitative estimate of drug-likeness (QED) is 0.0961. The van der Waals surface area contributed by atoms with Crippen molar-refractivity contribution >= 4 is 59.4 Å². The van der Waals surface area contributed by atoms with Gasteiger partial charge in [0.2, 0.25) is 0 Å². The summed E-state index contributed by atoms with van der Waals surface area (Å²) in [6.07, 6.45) is 1.40. The van der Waals surface area contributed by atoms with Crippen molar-refractivity contribution in [1.29, 1.82) is 0 Å². The highest BCUT2D eigenvalue weighted by Gasteiger charge is 2.29. The molecular weight excluding hydrogens is 602 g/mol. The van der Waals surface area contributed by atoms with Gasteiger partial charge in [0.1, 0.15) is 17.1 Å². The van der Waals surface area contributed by atoms with Crippen LogP contribution in [0.3, 0.4) is 0 Å². The molecule has 2 aromatic carbocycles. The summed E-state index contributed by atoms with van der Waals surface area (Å²) in [6, 6.07) is 7.84. The summed E-state index contributed by atoms with van der Waals surface area (Å²) in [5.41, 5.74) is 1.55. The van der Waals surface area contributed by atoms with Crippen molar-refractivity contribution in [2.45, 2.75) is 13.3 Å². The summed E-state index contributed by atoms with van der Waals surface area (Å²) in [6.45, 7) is 1.93. The van der Waals surface area contributed by atoms with Crippen LogP contribution in [0.2, 0.25) is 0 Å². The number of amides is 1. The fourth-order valence-corrected chi connectivity index (χ4v) is 4.19. The first-order valence-electron chi connectivity index (χ1n) is 10.9. The Labute approximate surface area is 224 Å². The predicted octanol–water partition coefficient (Wildman–Crippen LogP) is 5.48. The first-order chi connectivity index (χ1) is 17.3. The summed E-state index contributed by atoms with van der Waals surface area (Å²) in [4.78, 5) is 43.5. The van der Waals surface area contributed by atoms with E-state index in [4.69, 9.17) is 14.2 Å². The van der Waals surface area contributed by atoms with Gasteiger partial charge >= 0.3 is 6.16 Å². The SMILES string of the molecule is CCOC(=O)Oc1c(C=O)c(C(=O)N(C)C)c(OCCSI)c2cc(Cc3ccc(F)cc3)cnc12. The zero-order valence-corrected chi connectivity index (χ0v) is 22.9. The molecule has 0 bridgehead atoms. The van der Waals surface area contributed by atoms with E-state index in [0.29, 0.717) is 23.8 Å². The van der Waals surface area contributed by atoms with Crippen LogP contribution < -0.4 is 9.47 Å². The number of halogens is 2. The third kappa shape index (κ3) is 6.44. The summed E-state index contributed by atoms with van der Waals surface area (Å²) < 4.78 is 29.7. The van der Waals surface area contributed by atoms with Crippen LogP contribution in [-0.2, 0) is 11.2 Å². The Hall–Kier alpha value is -2.93. The Kier molecular flexibility index (Phi) is 9.88. The van der Waals surface area contributed by atoms with Crippen LogP contribution in [-0.4, -0.2) is 61.3 Å². The van der Waals surface area contributed by atoms with Gasteiger partial charge in [-0.2, -0.15) is 0 Å². The molecule has 0 unspecified atom stereocenters. The van der Waals surface area contributed by atoms with Gasteiger partial charge in [0.05, 0.1) is 24.3 Å². The van der Waals surface area contributed by atoms with Crippen molar-refractivity contribution in [3.05, 3.63) is 64.6 Å². The number of fused-ring (bicyclic) bond motifs is 1. The number of carbonyl (C=O) groups is 3. The molecule has 36 heavy (non-hydrogen) atoms. The number of carbonyl (C=O) groups excluding carboxylic acids is 3. The number of hydrogen-bond donors (Lipinski definition) is 0. The molecule has 0 radical (unpaired) electrons. The molecule has 3 aromatic rings. The second-order valence-corrected chi connectivity index (χ2v) is 10.2. The molecule has 1 aromatic heterocycles. The fraction of sp³-hybridized carbons (Fsp3) is 0.280. The van der Waals surface area contributed by atoms with Crippen molar-refractivity contribution in [1.82, 2.24) is 9.88 Å². The van der Waals surface area contributed by atoms with Crippen molar-refractivity contribution in [3.8, 4) is 11.5 Å². The topological polar surface area (TPSA) is 95.0 Å². The molecule has 3 rings (SSSR count). The summed E-state index contributed by atoms with van der Waals surface area (Å²) in [5.74, 6) is -0.242. The van der Waals surface area contributed by atoms with Gasteiger partial charge in [0.15, 0.2) is 12.0 Å². The number of pyridine rings is 1. The van der Waals surface area contributed by atoms with Crippen LogP contribution in [0, 0.1) is 5.82 Å². The molecule has 0 saturated heterocycles.